The Labute approximate surface area is 102 Å². The molecule has 8 heteroatoms. The lowest BCUT2D eigenvalue weighted by Crippen LogP contribution is -2.31. The van der Waals surface area contributed by atoms with E-state index in [1.54, 1.807) is 0 Å². The number of alkyl halides is 3. The van der Waals surface area contributed by atoms with Crippen LogP contribution in [0.2, 0.25) is 0 Å². The average molecular weight is 269 g/mol. The number of hydrogen-bond donors (Lipinski definition) is 2. The van der Waals surface area contributed by atoms with Crippen LogP contribution in [-0.2, 0) is 9.59 Å². The van der Waals surface area contributed by atoms with Gasteiger partial charge in [0, 0.05) is 6.54 Å². The summed E-state index contributed by atoms with van der Waals surface area (Å²) in [6, 6.07) is -0.286. The van der Waals surface area contributed by atoms with Crippen LogP contribution >= 0.6 is 0 Å². The fraction of sp³-hybridized carbons (Fsp3) is 0.600. The van der Waals surface area contributed by atoms with E-state index in [9.17, 15) is 18.0 Å². The van der Waals surface area contributed by atoms with Gasteiger partial charge >= 0.3 is 18.1 Å². The number of hydrogen-bond acceptors (Lipinski definition) is 3. The maximum absolute atomic E-state index is 10.6. The summed E-state index contributed by atoms with van der Waals surface area (Å²) < 4.78 is 31.7. The largest absolute Gasteiger partial charge is 0.490 e. The highest BCUT2D eigenvalue weighted by Gasteiger charge is 2.38. The lowest BCUT2D eigenvalue weighted by Gasteiger charge is -2.17. The number of carboxylic acid groups (broad SMARTS) is 2. The molecule has 1 fully saturated rings. The molecule has 0 radical (unpaired) electrons. The second-order valence-electron chi connectivity index (χ2n) is 3.52. The Hall–Kier alpha value is -1.73. The van der Waals surface area contributed by atoms with Crippen LogP contribution in [0, 0.1) is 0 Å². The topological polar surface area (TPSA) is 77.8 Å². The van der Waals surface area contributed by atoms with Crippen molar-refractivity contribution in [2.75, 3.05) is 6.54 Å². The van der Waals surface area contributed by atoms with E-state index >= 15 is 0 Å². The molecule has 1 aliphatic rings. The van der Waals surface area contributed by atoms with Gasteiger partial charge in [-0.3, -0.25) is 0 Å². The highest BCUT2D eigenvalue weighted by molar-refractivity contribution is 5.74. The van der Waals surface area contributed by atoms with E-state index in [-0.39, 0.29) is 6.04 Å². The molecule has 1 saturated heterocycles. The number of allylic oxidation sites excluding steroid dienone is 1. The number of rotatable bonds is 2. The standard InChI is InChI=1S/C8H13NO2.C2HF3O2/c1-2-5-9-6-3-4-7(9)8(10)11;3-2(4,5)1(6)7/h2,5,7H,3-4,6H2,1H3,(H,10,11);(H,6,7). The molecule has 1 rings (SSSR count). The molecule has 1 heterocycles. The Morgan fingerprint density at radius 1 is 1.33 bits per heavy atom. The molecule has 0 aromatic rings. The lowest BCUT2D eigenvalue weighted by molar-refractivity contribution is -0.192. The molecular formula is C10H14F3NO4. The summed E-state index contributed by atoms with van der Waals surface area (Å²) >= 11 is 0. The van der Waals surface area contributed by atoms with E-state index in [2.05, 4.69) is 0 Å². The molecule has 0 bridgehead atoms. The molecule has 104 valence electrons. The fourth-order valence-electron chi connectivity index (χ4n) is 1.42. The molecule has 0 aromatic carbocycles. The molecule has 0 amide bonds. The predicted octanol–water partition coefficient (Wildman–Crippen LogP) is 1.70. The Bertz CT molecular complexity index is 328. The lowest BCUT2D eigenvalue weighted by atomic mass is 10.2. The summed E-state index contributed by atoms with van der Waals surface area (Å²) in [6.07, 6.45) is 0.411. The van der Waals surface area contributed by atoms with Gasteiger partial charge in [-0.15, -0.1) is 0 Å². The number of halogens is 3. The zero-order chi connectivity index (χ0) is 14.3. The summed E-state index contributed by atoms with van der Waals surface area (Å²) in [5.74, 6) is -3.46. The van der Waals surface area contributed by atoms with Crippen LogP contribution in [0.1, 0.15) is 19.8 Å². The van der Waals surface area contributed by atoms with Crippen molar-refractivity contribution in [1.82, 2.24) is 4.90 Å². The molecule has 0 aliphatic carbocycles. The van der Waals surface area contributed by atoms with E-state index in [0.717, 1.165) is 19.4 Å². The van der Waals surface area contributed by atoms with Gasteiger partial charge in [0.15, 0.2) is 0 Å². The van der Waals surface area contributed by atoms with Gasteiger partial charge in [0.05, 0.1) is 0 Å². The second-order valence-corrected chi connectivity index (χ2v) is 3.52. The van der Waals surface area contributed by atoms with Gasteiger partial charge in [-0.2, -0.15) is 13.2 Å². The minimum atomic E-state index is -5.08. The maximum atomic E-state index is 10.6. The third-order valence-electron chi connectivity index (χ3n) is 2.16. The van der Waals surface area contributed by atoms with Gasteiger partial charge in [-0.1, -0.05) is 6.08 Å². The van der Waals surface area contributed by atoms with E-state index in [1.165, 1.54) is 0 Å². The maximum Gasteiger partial charge on any atom is 0.490 e. The summed E-state index contributed by atoms with van der Waals surface area (Å²) in [4.78, 5) is 21.4. The summed E-state index contributed by atoms with van der Waals surface area (Å²) in [6.45, 7) is 2.78. The first-order chi connectivity index (χ1) is 8.20. The first-order valence-electron chi connectivity index (χ1n) is 5.11. The molecule has 1 unspecified atom stereocenters. The molecule has 18 heavy (non-hydrogen) atoms. The highest BCUT2D eigenvalue weighted by Crippen LogP contribution is 2.17. The van der Waals surface area contributed by atoms with Crippen LogP contribution in [0.4, 0.5) is 13.2 Å². The minimum Gasteiger partial charge on any atom is -0.480 e. The Kier molecular flexibility index (Phi) is 6.21. The number of likely N-dealkylation sites (tertiary alicyclic amines) is 1. The number of nitrogens with zero attached hydrogens (tertiary/aromatic N) is 1. The van der Waals surface area contributed by atoms with Gasteiger partial charge < -0.3 is 15.1 Å². The minimum absolute atomic E-state index is 0.286. The molecular weight excluding hydrogens is 255 g/mol. The van der Waals surface area contributed by atoms with Crippen molar-refractivity contribution in [1.29, 1.82) is 0 Å². The molecule has 0 aromatic heterocycles. The predicted molar refractivity (Wildman–Crippen MR) is 55.9 cm³/mol. The number of carbonyl (C=O) groups is 2. The molecule has 1 aliphatic heterocycles. The van der Waals surface area contributed by atoms with E-state index in [0.29, 0.717) is 0 Å². The first kappa shape index (κ1) is 16.3. The van der Waals surface area contributed by atoms with Gasteiger partial charge in [0.1, 0.15) is 6.04 Å². The van der Waals surface area contributed by atoms with Crippen molar-refractivity contribution >= 4 is 11.9 Å². The summed E-state index contributed by atoms with van der Waals surface area (Å²) in [7, 11) is 0. The van der Waals surface area contributed by atoms with Crippen LogP contribution in [-0.4, -0.2) is 45.8 Å². The highest BCUT2D eigenvalue weighted by atomic mass is 19.4. The van der Waals surface area contributed by atoms with Gasteiger partial charge in [0.25, 0.3) is 0 Å². The van der Waals surface area contributed by atoms with Crippen molar-refractivity contribution in [2.45, 2.75) is 32.0 Å². The zero-order valence-electron chi connectivity index (χ0n) is 9.65. The second kappa shape index (κ2) is 6.87. The van der Waals surface area contributed by atoms with E-state index < -0.39 is 18.1 Å². The summed E-state index contributed by atoms with van der Waals surface area (Å²) in [5, 5.41) is 15.9. The van der Waals surface area contributed by atoms with Crippen LogP contribution in [0.25, 0.3) is 0 Å². The van der Waals surface area contributed by atoms with Crippen LogP contribution < -0.4 is 0 Å². The molecule has 5 nitrogen and oxygen atoms in total. The quantitative estimate of drug-likeness (QED) is 0.797. The van der Waals surface area contributed by atoms with Gasteiger partial charge in [-0.05, 0) is 26.0 Å². The first-order valence-corrected chi connectivity index (χ1v) is 5.11. The van der Waals surface area contributed by atoms with E-state index in [1.807, 2.05) is 24.1 Å². The average Bonchev–Trinajstić information content (AvgIpc) is 2.66. The van der Waals surface area contributed by atoms with Crippen molar-refractivity contribution in [3.05, 3.63) is 12.3 Å². The van der Waals surface area contributed by atoms with Crippen molar-refractivity contribution in [2.24, 2.45) is 0 Å². The smallest absolute Gasteiger partial charge is 0.480 e. The third kappa shape index (κ3) is 5.55. The van der Waals surface area contributed by atoms with Crippen LogP contribution in [0.3, 0.4) is 0 Å². The Morgan fingerprint density at radius 3 is 2.17 bits per heavy atom. The van der Waals surface area contributed by atoms with E-state index in [4.69, 9.17) is 15.0 Å². The van der Waals surface area contributed by atoms with Crippen molar-refractivity contribution < 1.29 is 33.0 Å². The third-order valence-corrected chi connectivity index (χ3v) is 2.16. The fourth-order valence-corrected chi connectivity index (χ4v) is 1.42. The van der Waals surface area contributed by atoms with Gasteiger partial charge in [-0.25, -0.2) is 9.59 Å². The zero-order valence-corrected chi connectivity index (χ0v) is 9.65. The monoisotopic (exact) mass is 269 g/mol. The SMILES string of the molecule is CC=CN1CCCC1C(=O)O.O=C(O)C(F)(F)F. The van der Waals surface area contributed by atoms with Crippen molar-refractivity contribution in [3.8, 4) is 0 Å². The normalized spacial score (nSPS) is 19.6. The van der Waals surface area contributed by atoms with Crippen molar-refractivity contribution in [3.63, 3.8) is 0 Å². The van der Waals surface area contributed by atoms with Crippen LogP contribution in [0.15, 0.2) is 12.3 Å². The van der Waals surface area contributed by atoms with Crippen LogP contribution in [0.5, 0.6) is 0 Å². The number of aliphatic carboxylic acids is 2. The number of carboxylic acids is 2. The molecule has 1 atom stereocenters. The molecule has 0 saturated carbocycles. The Balaban J connectivity index is 0.000000360. The summed E-state index contributed by atoms with van der Waals surface area (Å²) in [5.41, 5.74) is 0. The Morgan fingerprint density at radius 2 is 1.83 bits per heavy atom. The van der Waals surface area contributed by atoms with Gasteiger partial charge in [0.2, 0.25) is 0 Å². The molecule has 0 spiro atoms. The molecule has 2 N–H and O–H groups in total.